The van der Waals surface area contributed by atoms with Gasteiger partial charge in [0, 0.05) is 38.4 Å². The maximum atomic E-state index is 12.7. The lowest BCUT2D eigenvalue weighted by molar-refractivity contribution is -0.130. The predicted molar refractivity (Wildman–Crippen MR) is 140 cm³/mol. The smallest absolute Gasteiger partial charge is 0.258 e. The van der Waals surface area contributed by atoms with Crippen molar-refractivity contribution < 1.29 is 14.3 Å². The molecule has 2 N–H and O–H groups in total. The molecule has 8 heteroatoms. The average Bonchev–Trinajstić information content (AvgIpc) is 2.89. The van der Waals surface area contributed by atoms with Crippen LogP contribution in [-0.4, -0.2) is 80.6 Å². The molecule has 2 aromatic carbocycles. The van der Waals surface area contributed by atoms with E-state index in [9.17, 15) is 9.59 Å². The van der Waals surface area contributed by atoms with Crippen molar-refractivity contribution in [2.75, 3.05) is 62.8 Å². The minimum atomic E-state index is -0.547. The van der Waals surface area contributed by atoms with E-state index in [2.05, 4.69) is 44.7 Å². The third-order valence-electron chi connectivity index (χ3n) is 5.82. The van der Waals surface area contributed by atoms with Crippen LogP contribution < -0.4 is 20.3 Å². The summed E-state index contributed by atoms with van der Waals surface area (Å²) in [6.45, 7) is 5.53. The molecule has 0 aromatic heterocycles. The molecule has 0 bridgehead atoms. The fourth-order valence-corrected chi connectivity index (χ4v) is 4.38. The highest BCUT2D eigenvalue weighted by Gasteiger charge is 2.21. The highest BCUT2D eigenvalue weighted by molar-refractivity contribution is 7.98. The van der Waals surface area contributed by atoms with Crippen molar-refractivity contribution in [3.8, 4) is 5.75 Å². The maximum absolute atomic E-state index is 12.7. The second-order valence-electron chi connectivity index (χ2n) is 8.31. The van der Waals surface area contributed by atoms with E-state index in [0.717, 1.165) is 44.9 Å². The van der Waals surface area contributed by atoms with Crippen LogP contribution in [0.5, 0.6) is 5.75 Å². The van der Waals surface area contributed by atoms with Gasteiger partial charge in [-0.05, 0) is 55.7 Å². The quantitative estimate of drug-likeness (QED) is 0.426. The van der Waals surface area contributed by atoms with Crippen LogP contribution in [0, 0.1) is 0 Å². The molecular formula is C26H36N4O3S. The Balaban J connectivity index is 1.34. The number of piperazine rings is 1. The number of nitrogens with zero attached hydrogens (tertiary/aromatic N) is 2. The van der Waals surface area contributed by atoms with Gasteiger partial charge in [-0.15, -0.1) is 0 Å². The van der Waals surface area contributed by atoms with E-state index in [-0.39, 0.29) is 18.4 Å². The van der Waals surface area contributed by atoms with Crippen molar-refractivity contribution in [3.05, 3.63) is 60.7 Å². The number of rotatable bonds is 13. The van der Waals surface area contributed by atoms with E-state index in [1.54, 1.807) is 23.9 Å². The number of ether oxygens (including phenoxy) is 1. The first kappa shape index (κ1) is 25.9. The lowest BCUT2D eigenvalue weighted by Gasteiger charge is -2.36. The summed E-state index contributed by atoms with van der Waals surface area (Å²) in [5.41, 5.74) is 1.28. The summed E-state index contributed by atoms with van der Waals surface area (Å²) < 4.78 is 5.50. The van der Waals surface area contributed by atoms with E-state index in [1.807, 2.05) is 30.5 Å². The number of carbonyl (C=O) groups excluding carboxylic acids is 2. The van der Waals surface area contributed by atoms with E-state index < -0.39 is 6.04 Å². The van der Waals surface area contributed by atoms with Gasteiger partial charge in [0.15, 0.2) is 6.61 Å². The summed E-state index contributed by atoms with van der Waals surface area (Å²) in [7, 11) is 0. The van der Waals surface area contributed by atoms with Gasteiger partial charge < -0.3 is 20.3 Å². The Bertz CT molecular complexity index is 861. The van der Waals surface area contributed by atoms with Crippen molar-refractivity contribution >= 4 is 29.3 Å². The molecule has 3 rings (SSSR count). The van der Waals surface area contributed by atoms with Crippen LogP contribution in [-0.2, 0) is 9.59 Å². The number of benzene rings is 2. The van der Waals surface area contributed by atoms with Crippen LogP contribution in [0.1, 0.15) is 12.8 Å². The van der Waals surface area contributed by atoms with E-state index >= 15 is 0 Å². The molecule has 0 saturated carbocycles. The standard InChI is InChI=1S/C26H36N4O3S/c1-34-20-13-24(28-25(31)21-33-23-11-6-3-7-12-23)26(32)27-14-8-15-29-16-18-30(19-17-29)22-9-4-2-5-10-22/h2-7,9-12,24H,8,13-21H2,1H3,(H,27,32)(H,28,31). The Hall–Kier alpha value is -2.71. The Morgan fingerprint density at radius 3 is 2.35 bits per heavy atom. The summed E-state index contributed by atoms with van der Waals surface area (Å²) in [5, 5.41) is 5.83. The largest absolute Gasteiger partial charge is 0.484 e. The first-order valence-corrected chi connectivity index (χ1v) is 13.3. The Morgan fingerprint density at radius 1 is 1.00 bits per heavy atom. The molecule has 1 saturated heterocycles. The van der Waals surface area contributed by atoms with Gasteiger partial charge in [-0.2, -0.15) is 11.8 Å². The topological polar surface area (TPSA) is 73.9 Å². The highest BCUT2D eigenvalue weighted by atomic mass is 32.2. The van der Waals surface area contributed by atoms with E-state index in [1.165, 1.54) is 5.69 Å². The summed E-state index contributed by atoms with van der Waals surface area (Å²) in [6, 6.07) is 19.2. The number of nitrogens with one attached hydrogen (secondary N) is 2. The molecular weight excluding hydrogens is 448 g/mol. The first-order chi connectivity index (χ1) is 16.7. The monoisotopic (exact) mass is 484 g/mol. The molecule has 184 valence electrons. The van der Waals surface area contributed by atoms with Crippen molar-refractivity contribution in [3.63, 3.8) is 0 Å². The fraction of sp³-hybridized carbons (Fsp3) is 0.462. The van der Waals surface area contributed by atoms with Crippen LogP contribution in [0.25, 0.3) is 0 Å². The average molecular weight is 485 g/mol. The Labute approximate surface area is 207 Å². The Morgan fingerprint density at radius 2 is 1.68 bits per heavy atom. The molecule has 1 aliphatic rings. The van der Waals surface area contributed by atoms with Crippen LogP contribution in [0.2, 0.25) is 0 Å². The molecule has 2 aromatic rings. The van der Waals surface area contributed by atoms with Crippen LogP contribution in [0.4, 0.5) is 5.69 Å². The minimum absolute atomic E-state index is 0.109. The molecule has 1 heterocycles. The van der Waals surface area contributed by atoms with Gasteiger partial charge in [-0.3, -0.25) is 14.5 Å². The molecule has 34 heavy (non-hydrogen) atoms. The van der Waals surface area contributed by atoms with Crippen molar-refractivity contribution in [1.29, 1.82) is 0 Å². The van der Waals surface area contributed by atoms with Gasteiger partial charge in [0.25, 0.3) is 5.91 Å². The minimum Gasteiger partial charge on any atom is -0.484 e. The highest BCUT2D eigenvalue weighted by Crippen LogP contribution is 2.15. The third kappa shape index (κ3) is 8.91. The molecule has 1 fully saturated rings. The van der Waals surface area contributed by atoms with Crippen molar-refractivity contribution in [2.45, 2.75) is 18.9 Å². The normalized spacial score (nSPS) is 14.9. The van der Waals surface area contributed by atoms with Gasteiger partial charge in [0.2, 0.25) is 5.91 Å². The summed E-state index contributed by atoms with van der Waals surface area (Å²) >= 11 is 1.66. The van der Waals surface area contributed by atoms with Crippen molar-refractivity contribution in [1.82, 2.24) is 15.5 Å². The van der Waals surface area contributed by atoms with Crippen molar-refractivity contribution in [2.24, 2.45) is 0 Å². The van der Waals surface area contributed by atoms with Gasteiger partial charge in [-0.25, -0.2) is 0 Å². The Kier molecular flexibility index (Phi) is 11.1. The molecule has 0 aliphatic carbocycles. The number of hydrogen-bond donors (Lipinski definition) is 2. The number of thioether (sulfide) groups is 1. The van der Waals surface area contributed by atoms with E-state index in [4.69, 9.17) is 4.74 Å². The molecule has 1 unspecified atom stereocenters. The lowest BCUT2D eigenvalue weighted by Crippen LogP contribution is -2.49. The predicted octanol–water partition coefficient (Wildman–Crippen LogP) is 2.63. The molecule has 1 atom stereocenters. The summed E-state index contributed by atoms with van der Waals surface area (Å²) in [5.74, 6) is 1.01. The van der Waals surface area contributed by atoms with Gasteiger partial charge in [-0.1, -0.05) is 36.4 Å². The number of carbonyl (C=O) groups is 2. The zero-order chi connectivity index (χ0) is 24.0. The second kappa shape index (κ2) is 14.5. The molecule has 2 amide bonds. The summed E-state index contributed by atoms with van der Waals surface area (Å²) in [4.78, 5) is 29.9. The third-order valence-corrected chi connectivity index (χ3v) is 6.46. The first-order valence-electron chi connectivity index (χ1n) is 11.9. The molecule has 0 radical (unpaired) electrons. The van der Waals surface area contributed by atoms with Crippen LogP contribution in [0.15, 0.2) is 60.7 Å². The maximum Gasteiger partial charge on any atom is 0.258 e. The number of anilines is 1. The van der Waals surface area contributed by atoms with Crippen LogP contribution in [0.3, 0.4) is 0 Å². The molecule has 7 nitrogen and oxygen atoms in total. The number of para-hydroxylation sites is 2. The lowest BCUT2D eigenvalue weighted by atomic mass is 10.2. The molecule has 0 spiro atoms. The zero-order valence-corrected chi connectivity index (χ0v) is 20.8. The zero-order valence-electron chi connectivity index (χ0n) is 19.9. The van der Waals surface area contributed by atoms with E-state index in [0.29, 0.717) is 18.7 Å². The summed E-state index contributed by atoms with van der Waals surface area (Å²) in [6.07, 6.45) is 3.47. The second-order valence-corrected chi connectivity index (χ2v) is 9.30. The van der Waals surface area contributed by atoms with Gasteiger partial charge in [0.05, 0.1) is 0 Å². The fourth-order valence-electron chi connectivity index (χ4n) is 3.91. The SMILES string of the molecule is CSCCC(NC(=O)COc1ccccc1)C(=O)NCCCN1CCN(c2ccccc2)CC1. The number of hydrogen-bond acceptors (Lipinski definition) is 6. The van der Waals surface area contributed by atoms with Gasteiger partial charge >= 0.3 is 0 Å². The van der Waals surface area contributed by atoms with Gasteiger partial charge in [0.1, 0.15) is 11.8 Å². The number of amides is 2. The van der Waals surface area contributed by atoms with Crippen LogP contribution >= 0.6 is 11.8 Å². The molecule has 1 aliphatic heterocycles.